The standard InChI is InChI=1S/C15H22N2O/c1-11-5-7-13(8-6-11)17-10-9-12(2)16-15(3,4)14(17)18/h5-8,12,16H,9-10H2,1-4H3. The van der Waals surface area contributed by atoms with Gasteiger partial charge in [0, 0.05) is 18.3 Å². The van der Waals surface area contributed by atoms with Crippen molar-refractivity contribution in [1.82, 2.24) is 5.32 Å². The number of hydrogen-bond donors (Lipinski definition) is 1. The SMILES string of the molecule is Cc1ccc(N2CCC(C)NC(C)(C)C2=O)cc1. The Bertz CT molecular complexity index is 436. The van der Waals surface area contributed by atoms with Gasteiger partial charge in [0.25, 0.3) is 0 Å². The summed E-state index contributed by atoms with van der Waals surface area (Å²) in [5, 5.41) is 3.39. The van der Waals surface area contributed by atoms with Crippen LogP contribution in [-0.4, -0.2) is 24.0 Å². The molecule has 3 nitrogen and oxygen atoms in total. The van der Waals surface area contributed by atoms with E-state index < -0.39 is 5.54 Å². The molecular formula is C15H22N2O. The molecule has 1 saturated heterocycles. The Morgan fingerprint density at radius 3 is 2.50 bits per heavy atom. The number of aryl methyl sites for hydroxylation is 1. The first-order valence-corrected chi connectivity index (χ1v) is 6.56. The van der Waals surface area contributed by atoms with Crippen LogP contribution in [0.3, 0.4) is 0 Å². The zero-order valence-corrected chi connectivity index (χ0v) is 11.7. The lowest BCUT2D eigenvalue weighted by atomic mass is 10.0. The third-order valence-corrected chi connectivity index (χ3v) is 3.52. The lowest BCUT2D eigenvalue weighted by molar-refractivity contribution is -0.123. The highest BCUT2D eigenvalue weighted by molar-refractivity contribution is 6.00. The van der Waals surface area contributed by atoms with E-state index in [9.17, 15) is 4.79 Å². The predicted octanol–water partition coefficient (Wildman–Crippen LogP) is 2.49. The van der Waals surface area contributed by atoms with Gasteiger partial charge in [-0.2, -0.15) is 0 Å². The van der Waals surface area contributed by atoms with Crippen LogP contribution in [0.4, 0.5) is 5.69 Å². The van der Waals surface area contributed by atoms with Crippen molar-refractivity contribution in [1.29, 1.82) is 0 Å². The largest absolute Gasteiger partial charge is 0.311 e. The van der Waals surface area contributed by atoms with E-state index in [2.05, 4.69) is 31.3 Å². The highest BCUT2D eigenvalue weighted by Crippen LogP contribution is 2.23. The maximum absolute atomic E-state index is 12.6. The van der Waals surface area contributed by atoms with Crippen LogP contribution in [0.1, 0.15) is 32.8 Å². The van der Waals surface area contributed by atoms with E-state index in [0.29, 0.717) is 6.04 Å². The molecule has 1 fully saturated rings. The summed E-state index contributed by atoms with van der Waals surface area (Å²) in [6.45, 7) is 8.88. The van der Waals surface area contributed by atoms with E-state index >= 15 is 0 Å². The summed E-state index contributed by atoms with van der Waals surface area (Å²) in [6, 6.07) is 8.52. The molecule has 0 aromatic heterocycles. The first-order chi connectivity index (χ1) is 8.40. The molecule has 1 aliphatic heterocycles. The number of nitrogens with one attached hydrogen (secondary N) is 1. The van der Waals surface area contributed by atoms with Gasteiger partial charge in [-0.1, -0.05) is 17.7 Å². The fourth-order valence-electron chi connectivity index (χ4n) is 2.48. The van der Waals surface area contributed by atoms with Crippen LogP contribution >= 0.6 is 0 Å². The van der Waals surface area contributed by atoms with Crippen molar-refractivity contribution < 1.29 is 4.79 Å². The van der Waals surface area contributed by atoms with Crippen molar-refractivity contribution in [3.63, 3.8) is 0 Å². The Balaban J connectivity index is 2.31. The highest BCUT2D eigenvalue weighted by Gasteiger charge is 2.36. The summed E-state index contributed by atoms with van der Waals surface area (Å²) in [5.41, 5.74) is 1.71. The van der Waals surface area contributed by atoms with Gasteiger partial charge in [0.2, 0.25) is 5.91 Å². The number of amides is 1. The minimum absolute atomic E-state index is 0.149. The summed E-state index contributed by atoms with van der Waals surface area (Å²) < 4.78 is 0. The molecular weight excluding hydrogens is 224 g/mol. The van der Waals surface area contributed by atoms with Crippen LogP contribution in [0.5, 0.6) is 0 Å². The molecule has 0 aliphatic carbocycles. The molecule has 0 radical (unpaired) electrons. The molecule has 2 rings (SSSR count). The number of hydrogen-bond acceptors (Lipinski definition) is 2. The van der Waals surface area contributed by atoms with Crippen LogP contribution in [0.25, 0.3) is 0 Å². The molecule has 18 heavy (non-hydrogen) atoms. The van der Waals surface area contributed by atoms with E-state index in [1.54, 1.807) is 0 Å². The third kappa shape index (κ3) is 2.56. The Morgan fingerprint density at radius 2 is 1.89 bits per heavy atom. The lowest BCUT2D eigenvalue weighted by Crippen LogP contribution is -2.53. The van der Waals surface area contributed by atoms with Gasteiger partial charge in [-0.25, -0.2) is 0 Å². The number of carbonyl (C=O) groups is 1. The number of anilines is 1. The second-order valence-electron chi connectivity index (χ2n) is 5.75. The predicted molar refractivity (Wildman–Crippen MR) is 74.8 cm³/mol. The van der Waals surface area contributed by atoms with Crippen molar-refractivity contribution in [3.05, 3.63) is 29.8 Å². The Hall–Kier alpha value is -1.35. The smallest absolute Gasteiger partial charge is 0.246 e. The summed E-state index contributed by atoms with van der Waals surface area (Å²) >= 11 is 0. The average Bonchev–Trinajstić information content (AvgIpc) is 2.39. The monoisotopic (exact) mass is 246 g/mol. The summed E-state index contributed by atoms with van der Waals surface area (Å²) in [4.78, 5) is 14.5. The number of carbonyl (C=O) groups excluding carboxylic acids is 1. The minimum Gasteiger partial charge on any atom is -0.311 e. The average molecular weight is 246 g/mol. The second kappa shape index (κ2) is 4.73. The quantitative estimate of drug-likeness (QED) is 0.825. The zero-order valence-electron chi connectivity index (χ0n) is 11.7. The molecule has 0 spiro atoms. The topological polar surface area (TPSA) is 32.3 Å². The van der Waals surface area contributed by atoms with Crippen molar-refractivity contribution >= 4 is 11.6 Å². The van der Waals surface area contributed by atoms with Crippen molar-refractivity contribution in [3.8, 4) is 0 Å². The summed E-state index contributed by atoms with van der Waals surface area (Å²) in [5.74, 6) is 0.149. The van der Waals surface area contributed by atoms with Crippen LogP contribution in [0, 0.1) is 6.92 Å². The Kier molecular flexibility index (Phi) is 3.44. The fraction of sp³-hybridized carbons (Fsp3) is 0.533. The maximum Gasteiger partial charge on any atom is 0.246 e. The molecule has 98 valence electrons. The van der Waals surface area contributed by atoms with Gasteiger partial charge >= 0.3 is 0 Å². The maximum atomic E-state index is 12.6. The first kappa shape index (κ1) is 13.1. The fourth-order valence-corrected chi connectivity index (χ4v) is 2.48. The second-order valence-corrected chi connectivity index (χ2v) is 5.75. The highest BCUT2D eigenvalue weighted by atomic mass is 16.2. The summed E-state index contributed by atoms with van der Waals surface area (Å²) in [6.07, 6.45) is 0.975. The van der Waals surface area contributed by atoms with Gasteiger partial charge in [0.1, 0.15) is 0 Å². The van der Waals surface area contributed by atoms with E-state index in [1.807, 2.05) is 30.9 Å². The van der Waals surface area contributed by atoms with Crippen LogP contribution in [0.2, 0.25) is 0 Å². The molecule has 1 unspecified atom stereocenters. The Morgan fingerprint density at radius 1 is 1.28 bits per heavy atom. The van der Waals surface area contributed by atoms with Gasteiger partial charge in [-0.15, -0.1) is 0 Å². The molecule has 1 amide bonds. The van der Waals surface area contributed by atoms with E-state index in [0.717, 1.165) is 18.7 Å². The third-order valence-electron chi connectivity index (χ3n) is 3.52. The van der Waals surface area contributed by atoms with Crippen LogP contribution < -0.4 is 10.2 Å². The van der Waals surface area contributed by atoms with Gasteiger partial charge in [0.15, 0.2) is 0 Å². The Labute approximate surface area is 109 Å². The molecule has 3 heteroatoms. The van der Waals surface area contributed by atoms with E-state index in [-0.39, 0.29) is 5.91 Å². The lowest BCUT2D eigenvalue weighted by Gasteiger charge is -2.30. The number of benzene rings is 1. The van der Waals surface area contributed by atoms with Crippen molar-refractivity contribution in [2.75, 3.05) is 11.4 Å². The molecule has 0 bridgehead atoms. The normalized spacial score (nSPS) is 23.9. The van der Waals surface area contributed by atoms with Gasteiger partial charge in [-0.05, 0) is 46.2 Å². The van der Waals surface area contributed by atoms with Crippen molar-refractivity contribution in [2.45, 2.75) is 45.7 Å². The zero-order chi connectivity index (χ0) is 13.3. The van der Waals surface area contributed by atoms with E-state index in [1.165, 1.54) is 5.56 Å². The number of rotatable bonds is 1. The van der Waals surface area contributed by atoms with Crippen LogP contribution in [0.15, 0.2) is 24.3 Å². The van der Waals surface area contributed by atoms with Gasteiger partial charge in [0.05, 0.1) is 5.54 Å². The first-order valence-electron chi connectivity index (χ1n) is 6.56. The molecule has 1 aromatic rings. The molecule has 1 aromatic carbocycles. The summed E-state index contributed by atoms with van der Waals surface area (Å²) in [7, 11) is 0. The molecule has 1 N–H and O–H groups in total. The van der Waals surface area contributed by atoms with Crippen LogP contribution in [-0.2, 0) is 4.79 Å². The molecule has 0 saturated carbocycles. The minimum atomic E-state index is -0.499. The number of nitrogens with zero attached hydrogens (tertiary/aromatic N) is 1. The molecule has 1 aliphatic rings. The molecule has 1 heterocycles. The van der Waals surface area contributed by atoms with E-state index in [4.69, 9.17) is 0 Å². The molecule has 1 atom stereocenters. The van der Waals surface area contributed by atoms with Crippen molar-refractivity contribution in [2.24, 2.45) is 0 Å². The van der Waals surface area contributed by atoms with Gasteiger partial charge < -0.3 is 10.2 Å². The van der Waals surface area contributed by atoms with Gasteiger partial charge in [-0.3, -0.25) is 4.79 Å².